The fraction of sp³-hybridized carbons (Fsp3) is 0.500. The van der Waals surface area contributed by atoms with Gasteiger partial charge in [-0.05, 0) is 5.92 Å². The van der Waals surface area contributed by atoms with Crippen molar-refractivity contribution in [1.29, 1.82) is 0 Å². The number of halogens is 1. The molecular formula is C10H17ClN6O2. The van der Waals surface area contributed by atoms with Crippen LogP contribution < -0.4 is 27.3 Å². The van der Waals surface area contributed by atoms with Crippen LogP contribution in [0.1, 0.15) is 13.8 Å². The second-order valence-electron chi connectivity index (χ2n) is 4.27. The van der Waals surface area contributed by atoms with Crippen molar-refractivity contribution in [3.8, 4) is 5.88 Å². The average Bonchev–Trinajstić information content (AvgIpc) is 2.32. The Morgan fingerprint density at radius 2 is 2.00 bits per heavy atom. The third-order valence-electron chi connectivity index (χ3n) is 2.40. The van der Waals surface area contributed by atoms with E-state index in [2.05, 4.69) is 15.3 Å². The molecule has 1 rings (SSSR count). The van der Waals surface area contributed by atoms with Crippen LogP contribution in [-0.2, 0) is 0 Å². The van der Waals surface area contributed by atoms with Gasteiger partial charge in [-0.3, -0.25) is 0 Å². The van der Waals surface area contributed by atoms with Gasteiger partial charge in [-0.15, -0.1) is 0 Å². The lowest BCUT2D eigenvalue weighted by molar-refractivity contribution is 0.197. The van der Waals surface area contributed by atoms with E-state index in [4.69, 9.17) is 33.5 Å². The largest absolute Gasteiger partial charge is 0.414 e. The molecule has 0 aromatic carbocycles. The highest BCUT2D eigenvalue weighted by Crippen LogP contribution is 2.22. The van der Waals surface area contributed by atoms with Crippen LogP contribution in [0.2, 0.25) is 5.15 Å². The van der Waals surface area contributed by atoms with Crippen LogP contribution in [0.25, 0.3) is 0 Å². The molecule has 106 valence electrons. The molecule has 1 heterocycles. The topological polar surface area (TPSA) is 142 Å². The summed E-state index contributed by atoms with van der Waals surface area (Å²) in [5, 5.41) is 2.40. The van der Waals surface area contributed by atoms with E-state index in [0.29, 0.717) is 0 Å². The van der Waals surface area contributed by atoms with Crippen LogP contribution in [0.3, 0.4) is 0 Å². The van der Waals surface area contributed by atoms with Gasteiger partial charge >= 0.3 is 6.09 Å². The van der Waals surface area contributed by atoms with Crippen LogP contribution in [0.5, 0.6) is 5.88 Å². The van der Waals surface area contributed by atoms with Gasteiger partial charge in [-0.25, -0.2) is 9.78 Å². The van der Waals surface area contributed by atoms with E-state index in [9.17, 15) is 4.79 Å². The van der Waals surface area contributed by atoms with Gasteiger partial charge in [0, 0.05) is 12.6 Å². The lowest BCUT2D eigenvalue weighted by Gasteiger charge is -2.15. The van der Waals surface area contributed by atoms with E-state index in [1.807, 2.05) is 13.8 Å². The van der Waals surface area contributed by atoms with E-state index in [1.165, 1.54) is 0 Å². The standard InChI is InChI=1S/C10H17ClN6O2/c1-4(2)5(12)3-15-10(18)19-9-8(14)17-7(13)6(11)16-9/h4-5H,3,12H2,1-2H3,(H,15,18)(H4,13,14,17)/t5-/m0/s1. The second kappa shape index (κ2) is 6.39. The molecule has 0 spiro atoms. The number of nitrogen functional groups attached to an aromatic ring is 2. The van der Waals surface area contributed by atoms with Crippen molar-refractivity contribution < 1.29 is 9.53 Å². The maximum absolute atomic E-state index is 11.5. The van der Waals surface area contributed by atoms with E-state index >= 15 is 0 Å². The number of aromatic nitrogens is 2. The minimum Gasteiger partial charge on any atom is -0.387 e. The Kier molecular flexibility index (Phi) is 5.13. The Hall–Kier alpha value is -1.80. The molecule has 1 amide bonds. The molecule has 7 N–H and O–H groups in total. The summed E-state index contributed by atoms with van der Waals surface area (Å²) in [7, 11) is 0. The van der Waals surface area contributed by atoms with Crippen LogP contribution in [0.4, 0.5) is 16.4 Å². The molecule has 0 aliphatic rings. The number of ether oxygens (including phenoxy) is 1. The predicted molar refractivity (Wildman–Crippen MR) is 72.7 cm³/mol. The Labute approximate surface area is 115 Å². The van der Waals surface area contributed by atoms with Gasteiger partial charge in [-0.1, -0.05) is 25.4 Å². The number of carbonyl (C=O) groups excluding carboxylic acids is 1. The van der Waals surface area contributed by atoms with Gasteiger partial charge in [0.05, 0.1) is 0 Å². The summed E-state index contributed by atoms with van der Waals surface area (Å²) in [5.41, 5.74) is 16.7. The molecule has 0 radical (unpaired) electrons. The molecule has 1 atom stereocenters. The summed E-state index contributed by atoms with van der Waals surface area (Å²) in [6, 6.07) is -0.175. The van der Waals surface area contributed by atoms with Crippen molar-refractivity contribution in [2.45, 2.75) is 19.9 Å². The molecule has 1 aromatic rings. The summed E-state index contributed by atoms with van der Waals surface area (Å²) in [6.45, 7) is 4.16. The van der Waals surface area contributed by atoms with Gasteiger partial charge in [0.2, 0.25) is 0 Å². The molecule has 9 heteroatoms. The van der Waals surface area contributed by atoms with E-state index in [0.717, 1.165) is 0 Å². The second-order valence-corrected chi connectivity index (χ2v) is 4.63. The number of rotatable bonds is 4. The van der Waals surface area contributed by atoms with Crippen molar-refractivity contribution in [3.05, 3.63) is 5.15 Å². The molecule has 19 heavy (non-hydrogen) atoms. The molecule has 0 aliphatic heterocycles. The first kappa shape index (κ1) is 15.3. The molecular weight excluding hydrogens is 272 g/mol. The number of amides is 1. The first-order valence-corrected chi connectivity index (χ1v) is 5.98. The van der Waals surface area contributed by atoms with Crippen LogP contribution in [-0.4, -0.2) is 28.6 Å². The van der Waals surface area contributed by atoms with E-state index in [-0.39, 0.29) is 41.2 Å². The number of hydrogen-bond donors (Lipinski definition) is 4. The molecule has 0 fully saturated rings. The van der Waals surface area contributed by atoms with E-state index < -0.39 is 6.09 Å². The smallest absolute Gasteiger partial charge is 0.387 e. The highest BCUT2D eigenvalue weighted by Gasteiger charge is 2.15. The molecule has 0 aliphatic carbocycles. The van der Waals surface area contributed by atoms with Crippen molar-refractivity contribution in [1.82, 2.24) is 15.3 Å². The van der Waals surface area contributed by atoms with Gasteiger partial charge < -0.3 is 27.3 Å². The monoisotopic (exact) mass is 288 g/mol. The fourth-order valence-corrected chi connectivity index (χ4v) is 1.18. The average molecular weight is 289 g/mol. The molecule has 0 bridgehead atoms. The molecule has 0 saturated heterocycles. The summed E-state index contributed by atoms with van der Waals surface area (Å²) in [5.74, 6) is -0.120. The highest BCUT2D eigenvalue weighted by atomic mass is 35.5. The zero-order chi connectivity index (χ0) is 14.6. The Bertz CT molecular complexity index is 468. The van der Waals surface area contributed by atoms with Crippen LogP contribution in [0.15, 0.2) is 0 Å². The summed E-state index contributed by atoms with van der Waals surface area (Å²) >= 11 is 5.65. The number of nitrogens with zero attached hydrogens (tertiary/aromatic N) is 2. The molecule has 8 nitrogen and oxygen atoms in total. The minimum absolute atomic E-state index is 0.0336. The van der Waals surface area contributed by atoms with Gasteiger partial charge in [0.1, 0.15) is 0 Å². The zero-order valence-corrected chi connectivity index (χ0v) is 11.4. The SMILES string of the molecule is CC(C)[C@@H](N)CNC(=O)Oc1nc(Cl)c(N)nc1N. The van der Waals surface area contributed by atoms with Crippen molar-refractivity contribution in [3.63, 3.8) is 0 Å². The summed E-state index contributed by atoms with van der Waals surface area (Å²) in [4.78, 5) is 18.9. The van der Waals surface area contributed by atoms with Gasteiger partial charge in [0.15, 0.2) is 16.8 Å². The number of nitrogens with one attached hydrogen (secondary N) is 1. The number of hydrogen-bond acceptors (Lipinski definition) is 7. The first-order valence-electron chi connectivity index (χ1n) is 5.61. The van der Waals surface area contributed by atoms with Crippen molar-refractivity contribution in [2.75, 3.05) is 18.0 Å². The number of nitrogens with two attached hydrogens (primary N) is 3. The normalized spacial score (nSPS) is 12.3. The van der Waals surface area contributed by atoms with Crippen LogP contribution in [0, 0.1) is 5.92 Å². The zero-order valence-electron chi connectivity index (χ0n) is 10.7. The molecule has 0 unspecified atom stereocenters. The number of anilines is 2. The third-order valence-corrected chi connectivity index (χ3v) is 2.68. The van der Waals surface area contributed by atoms with Crippen molar-refractivity contribution in [2.24, 2.45) is 11.7 Å². The molecule has 1 aromatic heterocycles. The predicted octanol–water partition coefficient (Wildman–Crippen LogP) is 0.366. The highest BCUT2D eigenvalue weighted by molar-refractivity contribution is 6.31. The maximum atomic E-state index is 11.5. The Balaban J connectivity index is 2.60. The maximum Gasteiger partial charge on any atom is 0.414 e. The van der Waals surface area contributed by atoms with Gasteiger partial charge in [0.25, 0.3) is 5.88 Å². The third kappa shape index (κ3) is 4.42. The van der Waals surface area contributed by atoms with Crippen molar-refractivity contribution >= 4 is 29.3 Å². The molecule has 0 saturated carbocycles. The van der Waals surface area contributed by atoms with Crippen LogP contribution >= 0.6 is 11.6 Å². The Morgan fingerprint density at radius 3 is 2.58 bits per heavy atom. The van der Waals surface area contributed by atoms with Gasteiger partial charge in [-0.2, -0.15) is 4.98 Å². The van der Waals surface area contributed by atoms with E-state index in [1.54, 1.807) is 0 Å². The lowest BCUT2D eigenvalue weighted by Crippen LogP contribution is -2.41. The first-order chi connectivity index (χ1) is 8.81. The summed E-state index contributed by atoms with van der Waals surface area (Å²) < 4.78 is 4.87. The quantitative estimate of drug-likeness (QED) is 0.626. The Morgan fingerprint density at radius 1 is 1.37 bits per heavy atom. The fourth-order valence-electron chi connectivity index (χ4n) is 1.06. The lowest BCUT2D eigenvalue weighted by atomic mass is 10.1. The summed E-state index contributed by atoms with van der Waals surface area (Å²) in [6.07, 6.45) is -0.738. The minimum atomic E-state index is -0.738. The number of carbonyl (C=O) groups is 1.